The molecule has 7 nitrogen and oxygen atoms in total. The Kier molecular flexibility index (Phi) is 6.04. The Morgan fingerprint density at radius 1 is 1.08 bits per heavy atom. The van der Waals surface area contributed by atoms with E-state index < -0.39 is 0 Å². The van der Waals surface area contributed by atoms with Gasteiger partial charge in [-0.1, -0.05) is 12.1 Å². The minimum absolute atomic E-state index is 0.0873. The quantitative estimate of drug-likeness (QED) is 0.380. The SMILES string of the molecule is COc1ccc2c(c1)c(/C=C1/Oc3c(ccc(O)c3CN3CCN(c4ccccc4F)CC3)C1=O)cn2C. The Morgan fingerprint density at radius 3 is 2.63 bits per heavy atom. The Bertz CT molecular complexity index is 1580. The number of phenolic OH excluding ortho intramolecular Hbond substituents is 1. The summed E-state index contributed by atoms with van der Waals surface area (Å²) in [5, 5.41) is 11.7. The standard InChI is InChI=1S/C30H28FN3O4/c1-32-17-19(22-16-20(37-2)7-9-25(22)32)15-28-29(36)21-8-10-27(35)23(30(21)38-28)18-33-11-13-34(14-12-33)26-6-4-3-5-24(26)31/h3-10,15-17,35H,11-14,18H2,1-2H3/b28-15+. The van der Waals surface area contributed by atoms with Crippen molar-refractivity contribution in [2.75, 3.05) is 38.2 Å². The lowest BCUT2D eigenvalue weighted by Crippen LogP contribution is -2.46. The average Bonchev–Trinajstić information content (AvgIpc) is 3.42. The van der Waals surface area contributed by atoms with Gasteiger partial charge in [-0.05, 0) is 48.5 Å². The van der Waals surface area contributed by atoms with Crippen molar-refractivity contribution in [2.24, 2.45) is 7.05 Å². The molecule has 0 spiro atoms. The molecule has 1 saturated heterocycles. The average molecular weight is 514 g/mol. The van der Waals surface area contributed by atoms with Gasteiger partial charge in [-0.2, -0.15) is 0 Å². The van der Waals surface area contributed by atoms with Crippen molar-refractivity contribution in [3.8, 4) is 17.2 Å². The number of nitrogens with zero attached hydrogens (tertiary/aromatic N) is 3. The van der Waals surface area contributed by atoms with E-state index in [4.69, 9.17) is 9.47 Å². The first kappa shape index (κ1) is 24.1. The van der Waals surface area contributed by atoms with Gasteiger partial charge < -0.3 is 24.0 Å². The summed E-state index contributed by atoms with van der Waals surface area (Å²) in [5.41, 5.74) is 3.47. The van der Waals surface area contributed by atoms with Crippen LogP contribution in [0.4, 0.5) is 10.1 Å². The van der Waals surface area contributed by atoms with Crippen molar-refractivity contribution in [2.45, 2.75) is 6.54 Å². The lowest BCUT2D eigenvalue weighted by Gasteiger charge is -2.36. The molecule has 38 heavy (non-hydrogen) atoms. The van der Waals surface area contributed by atoms with E-state index in [2.05, 4.69) is 4.90 Å². The molecule has 194 valence electrons. The zero-order valence-electron chi connectivity index (χ0n) is 21.3. The Morgan fingerprint density at radius 2 is 1.87 bits per heavy atom. The first-order valence-electron chi connectivity index (χ1n) is 12.6. The Balaban J connectivity index is 1.24. The molecular weight excluding hydrogens is 485 g/mol. The van der Waals surface area contributed by atoms with Crippen molar-refractivity contribution in [1.29, 1.82) is 0 Å². The zero-order chi connectivity index (χ0) is 26.4. The number of benzene rings is 3. The van der Waals surface area contributed by atoms with Crippen LogP contribution < -0.4 is 14.4 Å². The molecule has 0 bridgehead atoms. The van der Waals surface area contributed by atoms with Crippen molar-refractivity contribution < 1.29 is 23.8 Å². The number of ether oxygens (including phenoxy) is 2. The number of para-hydroxylation sites is 1. The predicted molar refractivity (Wildman–Crippen MR) is 144 cm³/mol. The molecule has 4 aromatic rings. The summed E-state index contributed by atoms with van der Waals surface area (Å²) >= 11 is 0. The molecule has 2 aliphatic heterocycles. The number of hydrogen-bond donors (Lipinski definition) is 1. The van der Waals surface area contributed by atoms with Crippen LogP contribution in [0.3, 0.4) is 0 Å². The van der Waals surface area contributed by atoms with Gasteiger partial charge in [0, 0.05) is 62.4 Å². The fourth-order valence-electron chi connectivity index (χ4n) is 5.31. The van der Waals surface area contributed by atoms with Crippen LogP contribution in [0, 0.1) is 5.82 Å². The maximum Gasteiger partial charge on any atom is 0.231 e. The molecule has 0 amide bonds. The number of aryl methyl sites for hydroxylation is 1. The van der Waals surface area contributed by atoms with Crippen molar-refractivity contribution in [3.05, 3.63) is 89.1 Å². The molecular formula is C30H28FN3O4. The van der Waals surface area contributed by atoms with Gasteiger partial charge in [0.25, 0.3) is 0 Å². The van der Waals surface area contributed by atoms with Gasteiger partial charge in [-0.3, -0.25) is 9.69 Å². The van der Waals surface area contributed by atoms with Crippen LogP contribution >= 0.6 is 0 Å². The molecule has 0 saturated carbocycles. The van der Waals surface area contributed by atoms with Crippen LogP contribution in [0.2, 0.25) is 0 Å². The molecule has 2 aliphatic rings. The number of aromatic hydroxyl groups is 1. The summed E-state index contributed by atoms with van der Waals surface area (Å²) in [6.45, 7) is 3.11. The van der Waals surface area contributed by atoms with Crippen LogP contribution in [0.5, 0.6) is 17.2 Å². The highest BCUT2D eigenvalue weighted by atomic mass is 19.1. The van der Waals surface area contributed by atoms with Gasteiger partial charge in [0.15, 0.2) is 5.76 Å². The number of piperazine rings is 1. The molecule has 0 aliphatic carbocycles. The predicted octanol–water partition coefficient (Wildman–Crippen LogP) is 4.97. The number of carbonyl (C=O) groups excluding carboxylic acids is 1. The fourth-order valence-corrected chi connectivity index (χ4v) is 5.31. The highest BCUT2D eigenvalue weighted by molar-refractivity contribution is 6.15. The largest absolute Gasteiger partial charge is 0.507 e. The van der Waals surface area contributed by atoms with Gasteiger partial charge in [0.05, 0.1) is 23.9 Å². The molecule has 1 fully saturated rings. The number of ketones is 1. The first-order chi connectivity index (χ1) is 18.4. The first-order valence-corrected chi connectivity index (χ1v) is 12.6. The molecule has 0 atom stereocenters. The normalized spacial score (nSPS) is 16.8. The highest BCUT2D eigenvalue weighted by Crippen LogP contribution is 2.41. The van der Waals surface area contributed by atoms with E-state index in [-0.39, 0.29) is 23.1 Å². The number of anilines is 1. The van der Waals surface area contributed by atoms with Gasteiger partial charge in [0.1, 0.15) is 23.1 Å². The maximum absolute atomic E-state index is 14.2. The number of halogens is 1. The van der Waals surface area contributed by atoms with Crippen LogP contribution in [-0.2, 0) is 13.6 Å². The number of methoxy groups -OCH3 is 1. The number of allylic oxidation sites excluding steroid dienone is 1. The molecule has 3 heterocycles. The van der Waals surface area contributed by atoms with Gasteiger partial charge in [0.2, 0.25) is 5.78 Å². The molecule has 6 rings (SSSR count). The third-order valence-electron chi connectivity index (χ3n) is 7.38. The molecule has 1 aromatic heterocycles. The number of phenols is 1. The number of hydrogen-bond acceptors (Lipinski definition) is 6. The maximum atomic E-state index is 14.2. The molecule has 0 radical (unpaired) electrons. The van der Waals surface area contributed by atoms with E-state index in [9.17, 15) is 14.3 Å². The van der Waals surface area contributed by atoms with Crippen LogP contribution in [0.15, 0.2) is 66.6 Å². The fraction of sp³-hybridized carbons (Fsp3) is 0.233. The molecule has 1 N–H and O–H groups in total. The topological polar surface area (TPSA) is 67.2 Å². The summed E-state index contributed by atoms with van der Waals surface area (Å²) in [6, 6.07) is 15.8. The second-order valence-electron chi connectivity index (χ2n) is 9.67. The Labute approximate surface area is 219 Å². The third-order valence-corrected chi connectivity index (χ3v) is 7.38. The summed E-state index contributed by atoms with van der Waals surface area (Å²) in [6.07, 6.45) is 3.70. The summed E-state index contributed by atoms with van der Waals surface area (Å²) in [5.74, 6) is 0.986. The summed E-state index contributed by atoms with van der Waals surface area (Å²) in [7, 11) is 3.57. The van der Waals surface area contributed by atoms with E-state index in [1.54, 1.807) is 37.5 Å². The van der Waals surface area contributed by atoms with E-state index in [1.165, 1.54) is 6.07 Å². The van der Waals surface area contributed by atoms with Crippen LogP contribution in [-0.4, -0.2) is 53.6 Å². The lowest BCUT2D eigenvalue weighted by atomic mass is 10.0. The highest BCUT2D eigenvalue weighted by Gasteiger charge is 2.32. The number of carbonyl (C=O) groups is 1. The van der Waals surface area contributed by atoms with Crippen molar-refractivity contribution in [3.63, 3.8) is 0 Å². The molecule has 8 heteroatoms. The number of rotatable bonds is 5. The second kappa shape index (κ2) is 9.54. The van der Waals surface area contributed by atoms with Crippen molar-refractivity contribution in [1.82, 2.24) is 9.47 Å². The second-order valence-corrected chi connectivity index (χ2v) is 9.67. The van der Waals surface area contributed by atoms with Crippen LogP contribution in [0.25, 0.3) is 17.0 Å². The number of aromatic nitrogens is 1. The monoisotopic (exact) mass is 513 g/mol. The minimum atomic E-state index is -0.227. The van der Waals surface area contributed by atoms with Gasteiger partial charge in [-0.15, -0.1) is 0 Å². The Hall–Kier alpha value is -4.30. The summed E-state index contributed by atoms with van der Waals surface area (Å²) in [4.78, 5) is 17.5. The van der Waals surface area contributed by atoms with Gasteiger partial charge >= 0.3 is 0 Å². The van der Waals surface area contributed by atoms with E-state index in [0.29, 0.717) is 55.3 Å². The smallest absolute Gasteiger partial charge is 0.231 e. The van der Waals surface area contributed by atoms with Crippen LogP contribution in [0.1, 0.15) is 21.5 Å². The minimum Gasteiger partial charge on any atom is -0.507 e. The number of Topliss-reactive ketones (excluding diaryl/α,β-unsaturated/α-hetero) is 1. The van der Waals surface area contributed by atoms with Crippen molar-refractivity contribution >= 4 is 28.4 Å². The third kappa shape index (κ3) is 4.16. The van der Waals surface area contributed by atoms with Gasteiger partial charge in [-0.25, -0.2) is 4.39 Å². The molecule has 3 aromatic carbocycles. The molecule has 0 unspecified atom stereocenters. The number of fused-ring (bicyclic) bond motifs is 2. The van der Waals surface area contributed by atoms with E-state index in [0.717, 1.165) is 22.2 Å². The lowest BCUT2D eigenvalue weighted by molar-refractivity contribution is 0.101. The zero-order valence-corrected chi connectivity index (χ0v) is 21.3. The summed E-state index contributed by atoms with van der Waals surface area (Å²) < 4.78 is 27.7. The van der Waals surface area contributed by atoms with E-state index in [1.807, 2.05) is 47.0 Å². The van der Waals surface area contributed by atoms with E-state index >= 15 is 0 Å².